The molecule has 0 aliphatic carbocycles. The van der Waals surface area contributed by atoms with E-state index in [9.17, 15) is 4.79 Å². The number of carbonyl (C=O) groups is 1. The summed E-state index contributed by atoms with van der Waals surface area (Å²) in [6.07, 6.45) is 7.36. The fourth-order valence-electron chi connectivity index (χ4n) is 4.82. The molecule has 3 aromatic rings. The van der Waals surface area contributed by atoms with E-state index in [0.717, 1.165) is 48.8 Å². The second kappa shape index (κ2) is 9.25. The zero-order valence-electron chi connectivity index (χ0n) is 19.7. The molecule has 0 saturated carbocycles. The summed E-state index contributed by atoms with van der Waals surface area (Å²) in [6, 6.07) is 8.63. The molecule has 7 heteroatoms. The van der Waals surface area contributed by atoms with Crippen LogP contribution in [0.2, 0.25) is 0 Å². The monoisotopic (exact) mass is 448 g/mol. The maximum atomic E-state index is 13.3. The molecule has 1 aromatic carbocycles. The molecule has 1 fully saturated rings. The molecular weight excluding hydrogens is 416 g/mol. The average Bonchev–Trinajstić information content (AvgIpc) is 3.14. The van der Waals surface area contributed by atoms with Crippen LogP contribution in [0.3, 0.4) is 0 Å². The molecule has 2 aliphatic rings. The van der Waals surface area contributed by atoms with E-state index in [0.29, 0.717) is 25.3 Å². The second-order valence-corrected chi connectivity index (χ2v) is 9.41. The molecule has 0 bridgehead atoms. The fraction of sp³-hybridized carbons (Fsp3) is 0.462. The van der Waals surface area contributed by atoms with Crippen LogP contribution in [0, 0.1) is 6.92 Å². The number of ether oxygens (including phenoxy) is 1. The van der Waals surface area contributed by atoms with Gasteiger partial charge in [0.05, 0.1) is 18.3 Å². The first-order valence-corrected chi connectivity index (χ1v) is 11.8. The Morgan fingerprint density at radius 3 is 2.76 bits per heavy atom. The highest BCUT2D eigenvalue weighted by Gasteiger charge is 2.32. The van der Waals surface area contributed by atoms with Crippen molar-refractivity contribution in [3.05, 3.63) is 64.6 Å². The fourth-order valence-corrected chi connectivity index (χ4v) is 4.82. The first-order chi connectivity index (χ1) is 16.0. The summed E-state index contributed by atoms with van der Waals surface area (Å²) in [7, 11) is 4.14. The first kappa shape index (κ1) is 22.1. The number of hydrogen-bond acceptors (Lipinski definition) is 5. The van der Waals surface area contributed by atoms with Crippen molar-refractivity contribution >= 4 is 16.8 Å². The Morgan fingerprint density at radius 1 is 1.21 bits per heavy atom. The van der Waals surface area contributed by atoms with Gasteiger partial charge in [-0.05, 0) is 57.0 Å². The van der Waals surface area contributed by atoms with Crippen LogP contribution in [0.1, 0.15) is 52.0 Å². The van der Waals surface area contributed by atoms with Crippen molar-refractivity contribution in [2.24, 2.45) is 0 Å². The van der Waals surface area contributed by atoms with E-state index in [2.05, 4.69) is 65.9 Å². The molecule has 2 aliphatic heterocycles. The molecule has 4 heterocycles. The normalized spacial score (nSPS) is 18.8. The number of hydrogen-bond donors (Lipinski definition) is 0. The molecule has 1 atom stereocenters. The number of nitrogens with zero attached hydrogens (tertiary/aromatic N) is 4. The number of fused-ring (bicyclic) bond motifs is 3. The van der Waals surface area contributed by atoms with Gasteiger partial charge in [0.15, 0.2) is 6.29 Å². The standard InChI is InChI=1S/C26H32N4O3/c1-18-7-9-19(10-8-18)15-29-17-20(16-28(2)3)24-21-11-12-30(33-23-6-4-5-13-32-23)26(31)25(21)27-14-22(24)29/h7-10,14,17,23H,4-6,11-13,15-16H2,1-3H3. The van der Waals surface area contributed by atoms with Gasteiger partial charge < -0.3 is 14.2 Å². The molecule has 7 nitrogen and oxygen atoms in total. The van der Waals surface area contributed by atoms with Gasteiger partial charge in [0.1, 0.15) is 5.69 Å². The topological polar surface area (TPSA) is 59.8 Å². The van der Waals surface area contributed by atoms with Crippen LogP contribution in [-0.4, -0.2) is 59.0 Å². The van der Waals surface area contributed by atoms with Crippen LogP contribution >= 0.6 is 0 Å². The van der Waals surface area contributed by atoms with E-state index in [1.54, 1.807) is 0 Å². The van der Waals surface area contributed by atoms with Crippen molar-refractivity contribution in [1.29, 1.82) is 0 Å². The zero-order chi connectivity index (χ0) is 22.9. The number of aromatic nitrogens is 2. The zero-order valence-corrected chi connectivity index (χ0v) is 19.7. The predicted octanol–water partition coefficient (Wildman–Crippen LogP) is 3.91. The Labute approximate surface area is 194 Å². The van der Waals surface area contributed by atoms with Crippen molar-refractivity contribution in [3.63, 3.8) is 0 Å². The molecule has 33 heavy (non-hydrogen) atoms. The van der Waals surface area contributed by atoms with Crippen molar-refractivity contribution in [2.45, 2.75) is 52.0 Å². The van der Waals surface area contributed by atoms with Gasteiger partial charge in [0.25, 0.3) is 5.91 Å². The molecule has 0 N–H and O–H groups in total. The van der Waals surface area contributed by atoms with Crippen LogP contribution in [0.4, 0.5) is 0 Å². The van der Waals surface area contributed by atoms with Gasteiger partial charge in [-0.1, -0.05) is 29.8 Å². The molecular formula is C26H32N4O3. The van der Waals surface area contributed by atoms with Gasteiger partial charge in [-0.3, -0.25) is 4.79 Å². The number of amides is 1. The van der Waals surface area contributed by atoms with E-state index in [4.69, 9.17) is 9.57 Å². The summed E-state index contributed by atoms with van der Waals surface area (Å²) < 4.78 is 7.93. The number of pyridine rings is 1. The summed E-state index contributed by atoms with van der Waals surface area (Å²) in [5, 5.41) is 2.61. The Balaban J connectivity index is 1.49. The Morgan fingerprint density at radius 2 is 2.03 bits per heavy atom. The average molecular weight is 449 g/mol. The molecule has 0 radical (unpaired) electrons. The van der Waals surface area contributed by atoms with Crippen molar-refractivity contribution in [1.82, 2.24) is 19.5 Å². The van der Waals surface area contributed by atoms with Gasteiger partial charge in [-0.25, -0.2) is 14.9 Å². The SMILES string of the molecule is Cc1ccc(Cn2cc(CN(C)C)c3c4c(ncc32)C(=O)N(OC2CCCCO2)CC4)cc1. The van der Waals surface area contributed by atoms with Crippen molar-refractivity contribution < 1.29 is 14.4 Å². The number of aryl methyl sites for hydroxylation is 1. The maximum absolute atomic E-state index is 13.3. The minimum Gasteiger partial charge on any atom is -0.350 e. The minimum absolute atomic E-state index is 0.172. The highest BCUT2D eigenvalue weighted by atomic mass is 16.8. The highest BCUT2D eigenvalue weighted by Crippen LogP contribution is 2.32. The molecule has 2 aromatic heterocycles. The quantitative estimate of drug-likeness (QED) is 0.572. The molecule has 1 amide bonds. The number of hydroxylamine groups is 2. The summed E-state index contributed by atoms with van der Waals surface area (Å²) in [5.41, 5.74) is 6.32. The third kappa shape index (κ3) is 4.53. The Hall–Kier alpha value is -2.74. The van der Waals surface area contributed by atoms with Gasteiger partial charge >= 0.3 is 0 Å². The molecule has 1 saturated heterocycles. The summed E-state index contributed by atoms with van der Waals surface area (Å²) in [6.45, 7) is 4.87. The third-order valence-corrected chi connectivity index (χ3v) is 6.44. The maximum Gasteiger partial charge on any atom is 0.296 e. The lowest BCUT2D eigenvalue weighted by Gasteiger charge is -2.32. The van der Waals surface area contributed by atoms with E-state index in [-0.39, 0.29) is 12.2 Å². The van der Waals surface area contributed by atoms with E-state index in [1.807, 2.05) is 6.20 Å². The van der Waals surface area contributed by atoms with Crippen LogP contribution in [-0.2, 0) is 29.1 Å². The predicted molar refractivity (Wildman–Crippen MR) is 127 cm³/mol. The molecule has 5 rings (SSSR count). The van der Waals surface area contributed by atoms with E-state index < -0.39 is 0 Å². The van der Waals surface area contributed by atoms with E-state index in [1.165, 1.54) is 21.8 Å². The van der Waals surface area contributed by atoms with Crippen LogP contribution in [0.5, 0.6) is 0 Å². The minimum atomic E-state index is -0.340. The summed E-state index contributed by atoms with van der Waals surface area (Å²) >= 11 is 0. The Kier molecular flexibility index (Phi) is 6.19. The molecule has 1 unspecified atom stereocenters. The molecule has 0 spiro atoms. The van der Waals surface area contributed by atoms with Crippen LogP contribution < -0.4 is 0 Å². The summed E-state index contributed by atoms with van der Waals surface area (Å²) in [5.74, 6) is -0.172. The van der Waals surface area contributed by atoms with Gasteiger partial charge in [0.2, 0.25) is 0 Å². The first-order valence-electron chi connectivity index (χ1n) is 11.8. The van der Waals surface area contributed by atoms with Crippen molar-refractivity contribution in [3.8, 4) is 0 Å². The number of carbonyl (C=O) groups excluding carboxylic acids is 1. The smallest absolute Gasteiger partial charge is 0.296 e. The number of benzene rings is 1. The van der Waals surface area contributed by atoms with Crippen LogP contribution in [0.25, 0.3) is 10.9 Å². The highest BCUT2D eigenvalue weighted by molar-refractivity contribution is 6.00. The van der Waals surface area contributed by atoms with Gasteiger partial charge in [-0.2, -0.15) is 0 Å². The van der Waals surface area contributed by atoms with E-state index >= 15 is 0 Å². The third-order valence-electron chi connectivity index (χ3n) is 6.44. The summed E-state index contributed by atoms with van der Waals surface area (Å²) in [4.78, 5) is 26.0. The lowest BCUT2D eigenvalue weighted by Crippen LogP contribution is -2.42. The van der Waals surface area contributed by atoms with Crippen LogP contribution in [0.15, 0.2) is 36.7 Å². The second-order valence-electron chi connectivity index (χ2n) is 9.41. The van der Waals surface area contributed by atoms with Gasteiger partial charge in [0, 0.05) is 37.7 Å². The van der Waals surface area contributed by atoms with Crippen molar-refractivity contribution in [2.75, 3.05) is 27.2 Å². The Bertz CT molecular complexity index is 1150. The lowest BCUT2D eigenvalue weighted by atomic mass is 9.99. The molecule has 174 valence electrons. The van der Waals surface area contributed by atoms with Gasteiger partial charge in [-0.15, -0.1) is 0 Å². The number of rotatable bonds is 6. The largest absolute Gasteiger partial charge is 0.350 e. The lowest BCUT2D eigenvalue weighted by molar-refractivity contribution is -0.267.